The molecule has 0 saturated heterocycles. The number of hydrogen-bond acceptors (Lipinski definition) is 3. The van der Waals surface area contributed by atoms with Gasteiger partial charge in [0.05, 0.1) is 6.26 Å². The maximum atomic E-state index is 11.8. The molecule has 5 heteroatoms. The van der Waals surface area contributed by atoms with Gasteiger partial charge in [-0.25, -0.2) is 4.79 Å². The highest BCUT2D eigenvalue weighted by atomic mass is 16.4. The second-order valence-electron chi connectivity index (χ2n) is 4.63. The highest BCUT2D eigenvalue weighted by molar-refractivity contribution is 5.89. The smallest absolute Gasteiger partial charge is 0.319 e. The average Bonchev–Trinajstić information content (AvgIpc) is 2.93. The molecule has 0 aliphatic carbocycles. The fourth-order valence-electron chi connectivity index (χ4n) is 1.90. The summed E-state index contributed by atoms with van der Waals surface area (Å²) in [6.45, 7) is 1.83. The van der Waals surface area contributed by atoms with E-state index in [-0.39, 0.29) is 12.1 Å². The Bertz CT molecular complexity index is 525. The monoisotopic (exact) mass is 274 g/mol. The summed E-state index contributed by atoms with van der Waals surface area (Å²) in [6.07, 6.45) is 1.17. The molecule has 5 nitrogen and oxygen atoms in total. The van der Waals surface area contributed by atoms with E-state index in [9.17, 15) is 9.90 Å². The van der Waals surface area contributed by atoms with Gasteiger partial charge in [0.1, 0.15) is 11.9 Å². The van der Waals surface area contributed by atoms with Crippen molar-refractivity contribution < 1.29 is 14.3 Å². The number of nitrogens with one attached hydrogen (secondary N) is 2. The number of aliphatic hydroxyl groups excluding tert-OH is 1. The molecule has 2 unspecified atom stereocenters. The molecule has 0 spiro atoms. The van der Waals surface area contributed by atoms with Crippen molar-refractivity contribution in [3.05, 3.63) is 54.5 Å². The lowest BCUT2D eigenvalue weighted by Crippen LogP contribution is -2.36. The summed E-state index contributed by atoms with van der Waals surface area (Å²) in [4.78, 5) is 11.8. The molecular weight excluding hydrogens is 256 g/mol. The summed E-state index contributed by atoms with van der Waals surface area (Å²) in [5, 5.41) is 15.4. The topological polar surface area (TPSA) is 74.5 Å². The number of benzene rings is 1. The molecule has 2 atom stereocenters. The number of hydrogen-bond donors (Lipinski definition) is 3. The Morgan fingerprint density at radius 1 is 1.25 bits per heavy atom. The summed E-state index contributed by atoms with van der Waals surface area (Å²) in [6, 6.07) is 12.1. The van der Waals surface area contributed by atoms with E-state index < -0.39 is 6.10 Å². The first-order chi connectivity index (χ1) is 9.65. The highest BCUT2D eigenvalue weighted by Gasteiger charge is 2.16. The van der Waals surface area contributed by atoms with Crippen molar-refractivity contribution in [1.82, 2.24) is 5.32 Å². The number of para-hydroxylation sites is 1. The molecule has 0 aliphatic rings. The van der Waals surface area contributed by atoms with Crippen LogP contribution in [0.2, 0.25) is 0 Å². The van der Waals surface area contributed by atoms with Crippen LogP contribution in [0.1, 0.15) is 25.2 Å². The molecule has 3 N–H and O–H groups in total. The van der Waals surface area contributed by atoms with Crippen LogP contribution in [0.15, 0.2) is 53.1 Å². The van der Waals surface area contributed by atoms with Gasteiger partial charge < -0.3 is 20.2 Å². The third kappa shape index (κ3) is 4.13. The standard InChI is InChI=1S/C15H18N2O3/c1-11(10-13(18)14-8-5-9-20-14)16-15(19)17-12-6-3-2-4-7-12/h2-9,11,13,18H,10H2,1H3,(H2,16,17,19). The Labute approximate surface area is 117 Å². The van der Waals surface area contributed by atoms with Gasteiger partial charge in [-0.2, -0.15) is 0 Å². The maximum absolute atomic E-state index is 11.8. The molecule has 0 fully saturated rings. The van der Waals surface area contributed by atoms with Crippen LogP contribution in [0, 0.1) is 0 Å². The van der Waals surface area contributed by atoms with Crippen molar-refractivity contribution in [1.29, 1.82) is 0 Å². The molecule has 1 aromatic carbocycles. The summed E-state index contributed by atoms with van der Waals surface area (Å²) >= 11 is 0. The van der Waals surface area contributed by atoms with Crippen molar-refractivity contribution in [2.24, 2.45) is 0 Å². The number of rotatable bonds is 5. The van der Waals surface area contributed by atoms with Crippen LogP contribution in [-0.2, 0) is 0 Å². The highest BCUT2D eigenvalue weighted by Crippen LogP contribution is 2.18. The minimum Gasteiger partial charge on any atom is -0.467 e. The Balaban J connectivity index is 1.79. The summed E-state index contributed by atoms with van der Waals surface area (Å²) in [5.41, 5.74) is 0.726. The Morgan fingerprint density at radius 2 is 2.00 bits per heavy atom. The van der Waals surface area contributed by atoms with Crippen molar-refractivity contribution in [3.8, 4) is 0 Å². The van der Waals surface area contributed by atoms with Gasteiger partial charge in [0, 0.05) is 18.2 Å². The number of urea groups is 1. The number of carbonyl (C=O) groups excluding carboxylic acids is 1. The maximum Gasteiger partial charge on any atom is 0.319 e. The van der Waals surface area contributed by atoms with Crippen molar-refractivity contribution in [2.75, 3.05) is 5.32 Å². The minimum atomic E-state index is -0.725. The van der Waals surface area contributed by atoms with E-state index >= 15 is 0 Å². The molecule has 106 valence electrons. The van der Waals surface area contributed by atoms with Crippen molar-refractivity contribution in [3.63, 3.8) is 0 Å². The summed E-state index contributed by atoms with van der Waals surface area (Å²) in [5.74, 6) is 0.502. The predicted octanol–water partition coefficient (Wildman–Crippen LogP) is 2.91. The van der Waals surface area contributed by atoms with E-state index in [1.165, 1.54) is 6.26 Å². The first-order valence-corrected chi connectivity index (χ1v) is 6.49. The fraction of sp³-hybridized carbons (Fsp3) is 0.267. The number of furan rings is 1. The Morgan fingerprint density at radius 3 is 2.65 bits per heavy atom. The van der Waals surface area contributed by atoms with Crippen LogP contribution in [0.3, 0.4) is 0 Å². The molecule has 0 aliphatic heterocycles. The quantitative estimate of drug-likeness (QED) is 0.784. The largest absolute Gasteiger partial charge is 0.467 e. The lowest BCUT2D eigenvalue weighted by molar-refractivity contribution is 0.130. The Kier molecular flexibility index (Phi) is 4.79. The van der Waals surface area contributed by atoms with Crippen LogP contribution in [0.4, 0.5) is 10.5 Å². The van der Waals surface area contributed by atoms with E-state index in [0.29, 0.717) is 12.2 Å². The second kappa shape index (κ2) is 6.77. The van der Waals surface area contributed by atoms with Crippen molar-refractivity contribution >= 4 is 11.7 Å². The number of anilines is 1. The zero-order chi connectivity index (χ0) is 14.4. The molecule has 1 heterocycles. The van der Waals surface area contributed by atoms with Gasteiger partial charge in [0.2, 0.25) is 0 Å². The van der Waals surface area contributed by atoms with Gasteiger partial charge in [-0.3, -0.25) is 0 Å². The van der Waals surface area contributed by atoms with E-state index in [1.54, 1.807) is 12.1 Å². The van der Waals surface area contributed by atoms with E-state index in [2.05, 4.69) is 10.6 Å². The van der Waals surface area contributed by atoms with E-state index in [1.807, 2.05) is 37.3 Å². The lowest BCUT2D eigenvalue weighted by atomic mass is 10.1. The Hall–Kier alpha value is -2.27. The van der Waals surface area contributed by atoms with Crippen molar-refractivity contribution in [2.45, 2.75) is 25.5 Å². The van der Waals surface area contributed by atoms with Gasteiger partial charge >= 0.3 is 6.03 Å². The van der Waals surface area contributed by atoms with Crippen LogP contribution < -0.4 is 10.6 Å². The molecule has 20 heavy (non-hydrogen) atoms. The summed E-state index contributed by atoms with van der Waals surface area (Å²) < 4.78 is 5.12. The molecule has 2 aromatic rings. The first kappa shape index (κ1) is 14.1. The number of carbonyl (C=O) groups is 1. The van der Waals surface area contributed by atoms with Crippen LogP contribution >= 0.6 is 0 Å². The number of aliphatic hydroxyl groups is 1. The third-order valence-corrected chi connectivity index (χ3v) is 2.86. The summed E-state index contributed by atoms with van der Waals surface area (Å²) in [7, 11) is 0. The van der Waals surface area contributed by atoms with Crippen LogP contribution in [-0.4, -0.2) is 17.2 Å². The van der Waals surface area contributed by atoms with Gasteiger partial charge in [0.25, 0.3) is 0 Å². The minimum absolute atomic E-state index is 0.182. The van der Waals surface area contributed by atoms with E-state index in [0.717, 1.165) is 5.69 Å². The van der Waals surface area contributed by atoms with E-state index in [4.69, 9.17) is 4.42 Å². The van der Waals surface area contributed by atoms with Gasteiger partial charge in [-0.05, 0) is 31.2 Å². The lowest BCUT2D eigenvalue weighted by Gasteiger charge is -2.17. The molecule has 2 rings (SSSR count). The first-order valence-electron chi connectivity index (χ1n) is 6.49. The predicted molar refractivity (Wildman–Crippen MR) is 76.3 cm³/mol. The van der Waals surface area contributed by atoms with Crippen LogP contribution in [0.5, 0.6) is 0 Å². The van der Waals surface area contributed by atoms with Gasteiger partial charge in [0.15, 0.2) is 0 Å². The normalized spacial score (nSPS) is 13.5. The molecule has 1 aromatic heterocycles. The fourth-order valence-corrected chi connectivity index (χ4v) is 1.90. The molecule has 0 radical (unpaired) electrons. The van der Waals surface area contributed by atoms with Gasteiger partial charge in [-0.1, -0.05) is 18.2 Å². The average molecular weight is 274 g/mol. The molecule has 0 saturated carbocycles. The molecule has 0 bridgehead atoms. The third-order valence-electron chi connectivity index (χ3n) is 2.86. The van der Waals surface area contributed by atoms with Gasteiger partial charge in [-0.15, -0.1) is 0 Å². The zero-order valence-electron chi connectivity index (χ0n) is 11.2. The molecular formula is C15H18N2O3. The van der Waals surface area contributed by atoms with Crippen LogP contribution in [0.25, 0.3) is 0 Å². The molecule has 2 amide bonds. The second-order valence-corrected chi connectivity index (χ2v) is 4.63. The number of amides is 2. The zero-order valence-corrected chi connectivity index (χ0v) is 11.2. The SMILES string of the molecule is CC(CC(O)c1ccco1)NC(=O)Nc1ccccc1.